The predicted octanol–water partition coefficient (Wildman–Crippen LogP) is 0.624. The van der Waals surface area contributed by atoms with E-state index in [1.165, 1.54) is 33.1 Å². The maximum Gasteiger partial charge on any atom is 0.306 e. The summed E-state index contributed by atoms with van der Waals surface area (Å²) in [7, 11) is 0. The molecule has 0 saturated carbocycles. The molecule has 0 radical (unpaired) electrons. The van der Waals surface area contributed by atoms with E-state index in [1.54, 1.807) is 11.4 Å². The molecule has 114 valence electrons. The molecule has 3 rings (SSSR count). The fourth-order valence-electron chi connectivity index (χ4n) is 2.06. The third-order valence-electron chi connectivity index (χ3n) is 3.07. The van der Waals surface area contributed by atoms with Gasteiger partial charge in [0, 0.05) is 0 Å². The minimum atomic E-state index is -0.920. The maximum atomic E-state index is 12.2. The van der Waals surface area contributed by atoms with Crippen LogP contribution in [-0.4, -0.2) is 35.5 Å². The van der Waals surface area contributed by atoms with Crippen molar-refractivity contribution >= 4 is 27.2 Å². The Morgan fingerprint density at radius 3 is 3.00 bits per heavy atom. The molecule has 0 aromatic carbocycles. The van der Waals surface area contributed by atoms with Crippen molar-refractivity contribution in [3.63, 3.8) is 0 Å². The van der Waals surface area contributed by atoms with Crippen LogP contribution < -0.4 is 5.56 Å². The van der Waals surface area contributed by atoms with Gasteiger partial charge in [0.15, 0.2) is 0 Å². The van der Waals surface area contributed by atoms with Crippen LogP contribution in [0.5, 0.6) is 0 Å². The highest BCUT2D eigenvalue weighted by atomic mass is 32.1. The number of nitro groups is 1. The number of aliphatic hydroxyl groups is 1. The van der Waals surface area contributed by atoms with Gasteiger partial charge in [0.25, 0.3) is 5.56 Å². The largest absolute Gasteiger partial charge is 0.389 e. The number of nitrogens with zero attached hydrogens (tertiary/aromatic N) is 5. The molecule has 3 aromatic heterocycles. The van der Waals surface area contributed by atoms with Crippen molar-refractivity contribution in [3.05, 3.63) is 50.6 Å². The zero-order valence-corrected chi connectivity index (χ0v) is 12.0. The van der Waals surface area contributed by atoms with Gasteiger partial charge in [-0.25, -0.2) is 4.98 Å². The molecule has 0 spiro atoms. The molecular formula is C12H11N5O4S. The highest BCUT2D eigenvalue weighted by Gasteiger charge is 2.14. The molecule has 0 fully saturated rings. The molecule has 3 heterocycles. The van der Waals surface area contributed by atoms with Crippen molar-refractivity contribution < 1.29 is 10.0 Å². The first-order chi connectivity index (χ1) is 10.5. The number of aromatic nitrogens is 4. The zero-order chi connectivity index (χ0) is 15.7. The second kappa shape index (κ2) is 5.66. The van der Waals surface area contributed by atoms with Crippen LogP contribution in [-0.2, 0) is 13.1 Å². The van der Waals surface area contributed by atoms with E-state index in [1.807, 2.05) is 0 Å². The van der Waals surface area contributed by atoms with E-state index in [2.05, 4.69) is 10.1 Å². The van der Waals surface area contributed by atoms with E-state index in [0.29, 0.717) is 10.2 Å². The van der Waals surface area contributed by atoms with Gasteiger partial charge in [0.1, 0.15) is 17.1 Å². The fraction of sp³-hybridized carbons (Fsp3) is 0.250. The van der Waals surface area contributed by atoms with Gasteiger partial charge in [-0.1, -0.05) is 0 Å². The molecule has 0 saturated heterocycles. The first-order valence-electron chi connectivity index (χ1n) is 6.32. The van der Waals surface area contributed by atoms with E-state index < -0.39 is 11.0 Å². The van der Waals surface area contributed by atoms with Gasteiger partial charge in [0.2, 0.25) is 0 Å². The Hall–Kier alpha value is -2.59. The Morgan fingerprint density at radius 2 is 2.27 bits per heavy atom. The number of hydrogen-bond donors (Lipinski definition) is 1. The van der Waals surface area contributed by atoms with Crippen molar-refractivity contribution in [2.75, 3.05) is 0 Å². The molecule has 0 aliphatic rings. The van der Waals surface area contributed by atoms with E-state index in [9.17, 15) is 20.0 Å². The van der Waals surface area contributed by atoms with Gasteiger partial charge in [-0.05, 0) is 11.4 Å². The highest BCUT2D eigenvalue weighted by molar-refractivity contribution is 7.17. The average Bonchev–Trinajstić information content (AvgIpc) is 3.11. The molecule has 0 aliphatic heterocycles. The number of rotatable bonds is 5. The maximum absolute atomic E-state index is 12.2. The normalized spacial score (nSPS) is 12.6. The summed E-state index contributed by atoms with van der Waals surface area (Å²) in [5.74, 6) is 0. The number of hydrogen-bond acceptors (Lipinski definition) is 7. The third-order valence-corrected chi connectivity index (χ3v) is 3.96. The van der Waals surface area contributed by atoms with Crippen molar-refractivity contribution in [2.45, 2.75) is 19.2 Å². The standard InChI is InChI=1S/C12H11N5O4S/c18-9(6-16-4-8(3-14-16)17(20)21)5-15-7-13-10-1-2-22-11(10)12(15)19/h1-4,7,9,18H,5-6H2/t9-/m1/s1. The molecular weight excluding hydrogens is 310 g/mol. The van der Waals surface area contributed by atoms with Crippen LogP contribution in [0.2, 0.25) is 0 Å². The SMILES string of the molecule is O=c1c2sccc2ncn1C[C@@H](O)Cn1cc([N+](=O)[O-])cn1. The highest BCUT2D eigenvalue weighted by Crippen LogP contribution is 2.13. The van der Waals surface area contributed by atoms with Crippen molar-refractivity contribution in [2.24, 2.45) is 0 Å². The predicted molar refractivity (Wildman–Crippen MR) is 78.8 cm³/mol. The Bertz CT molecular complexity index is 883. The van der Waals surface area contributed by atoms with Crippen LogP contribution in [0.3, 0.4) is 0 Å². The van der Waals surface area contributed by atoms with Crippen molar-refractivity contribution in [1.29, 1.82) is 0 Å². The Labute approximate surface area is 127 Å². The lowest BCUT2D eigenvalue weighted by Crippen LogP contribution is -2.29. The minimum absolute atomic E-state index is 0.0351. The molecule has 10 heteroatoms. The number of thiophene rings is 1. The molecule has 1 N–H and O–H groups in total. The van der Waals surface area contributed by atoms with Gasteiger partial charge in [-0.2, -0.15) is 5.10 Å². The second-order valence-corrected chi connectivity index (χ2v) is 5.58. The van der Waals surface area contributed by atoms with E-state index in [-0.39, 0.29) is 24.3 Å². The van der Waals surface area contributed by atoms with Crippen LogP contribution in [0, 0.1) is 10.1 Å². The zero-order valence-electron chi connectivity index (χ0n) is 11.2. The Kier molecular flexibility index (Phi) is 3.69. The Balaban J connectivity index is 1.74. The summed E-state index contributed by atoms with van der Waals surface area (Å²) in [4.78, 5) is 26.3. The summed E-state index contributed by atoms with van der Waals surface area (Å²) < 4.78 is 3.12. The van der Waals surface area contributed by atoms with Gasteiger partial charge < -0.3 is 5.11 Å². The second-order valence-electron chi connectivity index (χ2n) is 4.67. The first-order valence-corrected chi connectivity index (χ1v) is 7.20. The first kappa shape index (κ1) is 14.4. The topological polar surface area (TPSA) is 116 Å². The van der Waals surface area contributed by atoms with E-state index >= 15 is 0 Å². The minimum Gasteiger partial charge on any atom is -0.389 e. The monoisotopic (exact) mass is 321 g/mol. The van der Waals surface area contributed by atoms with Gasteiger partial charge >= 0.3 is 5.69 Å². The van der Waals surface area contributed by atoms with Gasteiger partial charge in [-0.3, -0.25) is 24.2 Å². The average molecular weight is 321 g/mol. The third kappa shape index (κ3) is 2.73. The summed E-state index contributed by atoms with van der Waals surface area (Å²) in [6.45, 7) is 0.0795. The summed E-state index contributed by atoms with van der Waals surface area (Å²) >= 11 is 1.30. The van der Waals surface area contributed by atoms with E-state index in [0.717, 1.165) is 6.20 Å². The lowest BCUT2D eigenvalue weighted by Gasteiger charge is -2.12. The molecule has 1 atom stereocenters. The summed E-state index contributed by atoms with van der Waals surface area (Å²) in [6, 6.07) is 1.76. The molecule has 0 bridgehead atoms. The van der Waals surface area contributed by atoms with Crippen molar-refractivity contribution in [3.8, 4) is 0 Å². The molecule has 3 aromatic rings. The van der Waals surface area contributed by atoms with Gasteiger partial charge in [0.05, 0.1) is 36.0 Å². The molecule has 22 heavy (non-hydrogen) atoms. The van der Waals surface area contributed by atoms with Crippen LogP contribution in [0.4, 0.5) is 5.69 Å². The van der Waals surface area contributed by atoms with E-state index in [4.69, 9.17) is 0 Å². The molecule has 0 aliphatic carbocycles. The van der Waals surface area contributed by atoms with Crippen molar-refractivity contribution in [1.82, 2.24) is 19.3 Å². The van der Waals surface area contributed by atoms with Crippen LogP contribution in [0.15, 0.2) is 35.0 Å². The summed E-state index contributed by atoms with van der Waals surface area (Å²) in [6.07, 6.45) is 2.80. The molecule has 0 unspecified atom stereocenters. The van der Waals surface area contributed by atoms with Crippen LogP contribution in [0.1, 0.15) is 0 Å². The number of aliphatic hydroxyl groups excluding tert-OH is 1. The number of fused-ring (bicyclic) bond motifs is 1. The quantitative estimate of drug-likeness (QED) is 0.544. The lowest BCUT2D eigenvalue weighted by molar-refractivity contribution is -0.385. The van der Waals surface area contributed by atoms with Gasteiger partial charge in [-0.15, -0.1) is 11.3 Å². The lowest BCUT2D eigenvalue weighted by atomic mass is 10.3. The molecule has 9 nitrogen and oxygen atoms in total. The fourth-order valence-corrected chi connectivity index (χ4v) is 2.85. The molecule has 0 amide bonds. The van der Waals surface area contributed by atoms with Crippen LogP contribution >= 0.6 is 11.3 Å². The van der Waals surface area contributed by atoms with Crippen LogP contribution in [0.25, 0.3) is 10.2 Å². The summed E-state index contributed by atoms with van der Waals surface area (Å²) in [5, 5.41) is 26.2. The summed E-state index contributed by atoms with van der Waals surface area (Å²) in [5.41, 5.74) is 0.264. The Morgan fingerprint density at radius 1 is 1.45 bits per heavy atom. The smallest absolute Gasteiger partial charge is 0.306 e.